The van der Waals surface area contributed by atoms with E-state index < -0.39 is 76.9 Å². The Morgan fingerprint density at radius 1 is 0.921 bits per heavy atom. The van der Waals surface area contributed by atoms with Gasteiger partial charge in [-0.15, -0.1) is 0 Å². The molecule has 3 aliphatic rings. The van der Waals surface area contributed by atoms with Crippen molar-refractivity contribution in [1.82, 2.24) is 0 Å². The third-order valence-corrected chi connectivity index (χ3v) is 8.46. The van der Waals surface area contributed by atoms with Crippen molar-refractivity contribution in [2.75, 3.05) is 6.61 Å². The lowest BCUT2D eigenvalue weighted by atomic mass is 9.47. The van der Waals surface area contributed by atoms with Crippen molar-refractivity contribution < 1.29 is 48.0 Å². The molecular weight excluding hydrogens is 496 g/mol. The van der Waals surface area contributed by atoms with Crippen LogP contribution in [0.1, 0.15) is 71.2 Å². The highest BCUT2D eigenvalue weighted by Gasteiger charge is 2.84. The summed E-state index contributed by atoms with van der Waals surface area (Å²) >= 11 is 0. The quantitative estimate of drug-likeness (QED) is 0.430. The maximum atomic E-state index is 13.4. The Kier molecular flexibility index (Phi) is 7.12. The molecule has 1 aliphatic heterocycles. The number of esters is 4. The SMILES string of the molecule is CC(=O)OC[C@@]12[C@@H](OC(C)=O)CC[C@](C)(O)[C@]13OC(C)(C)[C@H](C[C@H]2OC(=O)c1ccccc1)[C@H]3OC(C)=O. The second-order valence-corrected chi connectivity index (χ2v) is 11.3. The van der Waals surface area contributed by atoms with Crippen LogP contribution in [-0.2, 0) is 38.1 Å². The molecule has 4 rings (SSSR count). The zero-order chi connectivity index (χ0) is 28.1. The lowest BCUT2D eigenvalue weighted by Crippen LogP contribution is -2.81. The molecule has 1 saturated heterocycles. The molecule has 0 aromatic heterocycles. The third-order valence-electron chi connectivity index (χ3n) is 8.46. The number of hydrogen-bond donors (Lipinski definition) is 1. The van der Waals surface area contributed by atoms with Crippen LogP contribution >= 0.6 is 0 Å². The topological polar surface area (TPSA) is 135 Å². The Balaban J connectivity index is 1.98. The maximum Gasteiger partial charge on any atom is 0.338 e. The van der Waals surface area contributed by atoms with Crippen LogP contribution in [0.15, 0.2) is 30.3 Å². The number of rotatable bonds is 6. The Labute approximate surface area is 221 Å². The molecule has 2 aliphatic carbocycles. The van der Waals surface area contributed by atoms with Crippen molar-refractivity contribution in [2.45, 2.75) is 95.9 Å². The van der Waals surface area contributed by atoms with E-state index >= 15 is 0 Å². The van der Waals surface area contributed by atoms with E-state index in [2.05, 4.69) is 0 Å². The Morgan fingerprint density at radius 3 is 2.13 bits per heavy atom. The Morgan fingerprint density at radius 2 is 1.55 bits per heavy atom. The molecule has 10 nitrogen and oxygen atoms in total. The van der Waals surface area contributed by atoms with Gasteiger partial charge in [0.2, 0.25) is 0 Å². The van der Waals surface area contributed by atoms with E-state index in [9.17, 15) is 24.3 Å². The molecule has 1 spiro atoms. The summed E-state index contributed by atoms with van der Waals surface area (Å²) in [6, 6.07) is 8.39. The molecule has 2 saturated carbocycles. The van der Waals surface area contributed by atoms with Crippen molar-refractivity contribution in [1.29, 1.82) is 0 Å². The minimum absolute atomic E-state index is 0.118. The molecular formula is C28H36O10. The Bertz CT molecular complexity index is 1110. The lowest BCUT2D eigenvalue weighted by Gasteiger charge is -2.64. The van der Waals surface area contributed by atoms with Crippen LogP contribution in [0, 0.1) is 11.3 Å². The standard InChI is InChI=1S/C28H36O10/c1-16(29)34-15-27-21(35-17(2)30)12-13-26(6,33)28(27)23(36-18(3)31)20(25(4,5)38-28)14-22(27)37-24(32)19-10-8-7-9-11-19/h7-11,20-23,33H,12-15H2,1-6H3/t20-,21+,22-,23-,26+,27+,28+/m1/s1. The highest BCUT2D eigenvalue weighted by atomic mass is 16.6. The van der Waals surface area contributed by atoms with Gasteiger partial charge in [-0.05, 0) is 52.2 Å². The van der Waals surface area contributed by atoms with Crippen LogP contribution in [0.5, 0.6) is 0 Å². The maximum absolute atomic E-state index is 13.4. The van der Waals surface area contributed by atoms with Crippen LogP contribution < -0.4 is 0 Å². The largest absolute Gasteiger partial charge is 0.465 e. The van der Waals surface area contributed by atoms with Gasteiger partial charge in [-0.25, -0.2) is 4.79 Å². The van der Waals surface area contributed by atoms with Gasteiger partial charge < -0.3 is 28.8 Å². The fourth-order valence-corrected chi connectivity index (χ4v) is 7.01. The molecule has 38 heavy (non-hydrogen) atoms. The molecule has 208 valence electrons. The van der Waals surface area contributed by atoms with Gasteiger partial charge in [0, 0.05) is 26.7 Å². The van der Waals surface area contributed by atoms with E-state index in [-0.39, 0.29) is 19.3 Å². The molecule has 0 amide bonds. The van der Waals surface area contributed by atoms with Gasteiger partial charge in [0.25, 0.3) is 0 Å². The van der Waals surface area contributed by atoms with Crippen LogP contribution in [-0.4, -0.2) is 70.7 Å². The molecule has 10 heteroatoms. The zero-order valence-corrected chi connectivity index (χ0v) is 22.6. The van der Waals surface area contributed by atoms with Crippen LogP contribution in [0.4, 0.5) is 0 Å². The summed E-state index contributed by atoms with van der Waals surface area (Å²) in [6.07, 6.45) is -2.63. The second kappa shape index (κ2) is 9.64. The monoisotopic (exact) mass is 532 g/mol. The zero-order valence-electron chi connectivity index (χ0n) is 22.6. The average molecular weight is 533 g/mol. The molecule has 0 unspecified atom stereocenters. The fourth-order valence-electron chi connectivity index (χ4n) is 7.01. The first-order valence-electron chi connectivity index (χ1n) is 12.8. The van der Waals surface area contributed by atoms with E-state index in [0.717, 1.165) is 0 Å². The van der Waals surface area contributed by atoms with E-state index in [1.165, 1.54) is 20.8 Å². The van der Waals surface area contributed by atoms with Crippen molar-refractivity contribution in [3.63, 3.8) is 0 Å². The summed E-state index contributed by atoms with van der Waals surface area (Å²) in [5.41, 5.74) is -5.69. The molecule has 3 fully saturated rings. The van der Waals surface area contributed by atoms with Crippen LogP contribution in [0.3, 0.4) is 0 Å². The van der Waals surface area contributed by atoms with Gasteiger partial charge in [-0.2, -0.15) is 0 Å². The summed E-state index contributed by atoms with van der Waals surface area (Å²) in [4.78, 5) is 50.3. The number of ether oxygens (including phenoxy) is 5. The van der Waals surface area contributed by atoms with Gasteiger partial charge in [-0.3, -0.25) is 14.4 Å². The Hall–Kier alpha value is -2.98. The van der Waals surface area contributed by atoms with E-state index in [4.69, 9.17) is 23.7 Å². The number of hydrogen-bond acceptors (Lipinski definition) is 10. The molecule has 1 heterocycles. The highest BCUT2D eigenvalue weighted by Crippen LogP contribution is 2.68. The van der Waals surface area contributed by atoms with Gasteiger partial charge in [0.05, 0.1) is 16.8 Å². The first kappa shape index (κ1) is 28.0. The van der Waals surface area contributed by atoms with Crippen LogP contribution in [0.25, 0.3) is 0 Å². The number of fused-ring (bicyclic) bond motifs is 1. The van der Waals surface area contributed by atoms with Gasteiger partial charge in [-0.1, -0.05) is 18.2 Å². The average Bonchev–Trinajstić information content (AvgIpc) is 2.98. The van der Waals surface area contributed by atoms with Gasteiger partial charge in [0.1, 0.15) is 30.3 Å². The van der Waals surface area contributed by atoms with Crippen molar-refractivity contribution in [3.05, 3.63) is 35.9 Å². The molecule has 1 aromatic rings. The van der Waals surface area contributed by atoms with E-state index in [0.29, 0.717) is 5.56 Å². The number of carbonyl (C=O) groups excluding carboxylic acids is 4. The van der Waals surface area contributed by atoms with Crippen molar-refractivity contribution >= 4 is 23.9 Å². The first-order chi connectivity index (χ1) is 17.7. The van der Waals surface area contributed by atoms with Gasteiger partial charge >= 0.3 is 23.9 Å². The second-order valence-electron chi connectivity index (χ2n) is 11.3. The number of benzene rings is 1. The minimum atomic E-state index is -1.76. The summed E-state index contributed by atoms with van der Waals surface area (Å²) in [7, 11) is 0. The summed E-state index contributed by atoms with van der Waals surface area (Å²) < 4.78 is 30.2. The molecule has 7 atom stereocenters. The molecule has 2 bridgehead atoms. The predicted molar refractivity (Wildman–Crippen MR) is 132 cm³/mol. The minimum Gasteiger partial charge on any atom is -0.465 e. The summed E-state index contributed by atoms with van der Waals surface area (Å²) in [6.45, 7) is 8.52. The summed E-state index contributed by atoms with van der Waals surface area (Å²) in [5.74, 6) is -2.97. The van der Waals surface area contributed by atoms with E-state index in [1.54, 1.807) is 37.3 Å². The highest BCUT2D eigenvalue weighted by molar-refractivity contribution is 5.89. The van der Waals surface area contributed by atoms with E-state index in [1.807, 2.05) is 13.8 Å². The lowest BCUT2D eigenvalue weighted by molar-refractivity contribution is -0.340. The fraction of sp³-hybridized carbons (Fsp3) is 0.643. The molecule has 1 N–H and O–H groups in total. The third kappa shape index (κ3) is 4.27. The summed E-state index contributed by atoms with van der Waals surface area (Å²) in [5, 5.41) is 12.1. The molecule has 0 radical (unpaired) electrons. The van der Waals surface area contributed by atoms with Crippen molar-refractivity contribution in [3.8, 4) is 0 Å². The van der Waals surface area contributed by atoms with Crippen molar-refractivity contribution in [2.24, 2.45) is 11.3 Å². The smallest absolute Gasteiger partial charge is 0.338 e. The first-order valence-corrected chi connectivity index (χ1v) is 12.8. The van der Waals surface area contributed by atoms with Crippen LogP contribution in [0.2, 0.25) is 0 Å². The predicted octanol–water partition coefficient (Wildman–Crippen LogP) is 2.74. The normalized spacial score (nSPS) is 36.9. The number of aliphatic hydroxyl groups is 1. The number of carbonyl (C=O) groups is 4. The molecule has 1 aromatic carbocycles. The van der Waals surface area contributed by atoms with Gasteiger partial charge in [0.15, 0.2) is 5.60 Å².